The minimum absolute atomic E-state index is 0.708. The Morgan fingerprint density at radius 3 is 2.94 bits per heavy atom. The number of imidazole rings is 1. The van der Waals surface area contributed by atoms with Crippen molar-refractivity contribution in [2.45, 2.75) is 45.8 Å². The van der Waals surface area contributed by atoms with Gasteiger partial charge in [0, 0.05) is 17.3 Å². The first-order valence-electron chi connectivity index (χ1n) is 6.51. The summed E-state index contributed by atoms with van der Waals surface area (Å²) in [4.78, 5) is 4.33. The highest BCUT2D eigenvalue weighted by molar-refractivity contribution is 5.20. The largest absolute Gasteiger partial charge is 0.468 e. The first-order chi connectivity index (χ1) is 8.74. The fourth-order valence-corrected chi connectivity index (χ4v) is 2.07. The molecule has 1 saturated carbocycles. The smallest absolute Gasteiger partial charge is 0.122 e. The monoisotopic (exact) mass is 245 g/mol. The number of aromatic nitrogens is 2. The van der Waals surface area contributed by atoms with E-state index in [9.17, 15) is 0 Å². The number of hydrogen-bond acceptors (Lipinski definition) is 3. The molecule has 18 heavy (non-hydrogen) atoms. The topological polar surface area (TPSA) is 43.0 Å². The van der Waals surface area contributed by atoms with Crippen molar-refractivity contribution in [2.24, 2.45) is 0 Å². The van der Waals surface area contributed by atoms with Gasteiger partial charge in [-0.25, -0.2) is 4.98 Å². The first-order valence-corrected chi connectivity index (χ1v) is 6.51. The van der Waals surface area contributed by atoms with Crippen LogP contribution in [-0.2, 0) is 13.1 Å². The zero-order chi connectivity index (χ0) is 12.5. The second-order valence-corrected chi connectivity index (χ2v) is 5.07. The lowest BCUT2D eigenvalue weighted by Gasteiger charge is -2.07. The van der Waals surface area contributed by atoms with Crippen LogP contribution in [0.25, 0.3) is 0 Å². The molecule has 3 rings (SSSR count). The second kappa shape index (κ2) is 4.61. The van der Waals surface area contributed by atoms with Crippen LogP contribution in [0, 0.1) is 13.8 Å². The Kier molecular flexibility index (Phi) is 2.96. The summed E-state index contributed by atoms with van der Waals surface area (Å²) in [5.74, 6) is 1.05. The van der Waals surface area contributed by atoms with Crippen molar-refractivity contribution in [2.75, 3.05) is 0 Å². The maximum absolute atomic E-state index is 5.57. The summed E-state index contributed by atoms with van der Waals surface area (Å²) in [6.45, 7) is 5.81. The molecule has 1 aliphatic rings. The summed E-state index contributed by atoms with van der Waals surface area (Å²) in [5, 5.41) is 3.49. The molecule has 0 aromatic carbocycles. The number of hydrogen-bond donors (Lipinski definition) is 1. The third kappa shape index (κ3) is 2.34. The van der Waals surface area contributed by atoms with Crippen molar-refractivity contribution < 1.29 is 4.42 Å². The summed E-state index contributed by atoms with van der Waals surface area (Å²) in [5.41, 5.74) is 3.55. The molecule has 96 valence electrons. The molecule has 0 aliphatic heterocycles. The van der Waals surface area contributed by atoms with Gasteiger partial charge in [-0.15, -0.1) is 0 Å². The number of furan rings is 1. The van der Waals surface area contributed by atoms with Gasteiger partial charge in [0.25, 0.3) is 0 Å². The highest BCUT2D eigenvalue weighted by atomic mass is 16.3. The van der Waals surface area contributed by atoms with E-state index >= 15 is 0 Å². The van der Waals surface area contributed by atoms with E-state index in [1.54, 1.807) is 6.26 Å². The molecule has 0 atom stereocenters. The van der Waals surface area contributed by atoms with Gasteiger partial charge in [-0.2, -0.15) is 0 Å². The van der Waals surface area contributed by atoms with E-state index in [-0.39, 0.29) is 0 Å². The molecule has 4 heteroatoms. The van der Waals surface area contributed by atoms with Crippen LogP contribution in [0.3, 0.4) is 0 Å². The lowest BCUT2D eigenvalue weighted by Crippen LogP contribution is -2.16. The molecule has 0 spiro atoms. The van der Waals surface area contributed by atoms with E-state index in [1.807, 2.05) is 13.3 Å². The van der Waals surface area contributed by atoms with Crippen molar-refractivity contribution >= 4 is 0 Å². The van der Waals surface area contributed by atoms with E-state index in [0.29, 0.717) is 6.04 Å². The Morgan fingerprint density at radius 1 is 1.44 bits per heavy atom. The van der Waals surface area contributed by atoms with E-state index in [2.05, 4.69) is 27.9 Å². The molecule has 0 radical (unpaired) electrons. The third-order valence-corrected chi connectivity index (χ3v) is 3.65. The van der Waals surface area contributed by atoms with Crippen LogP contribution in [0.2, 0.25) is 0 Å². The molecule has 0 amide bonds. The Morgan fingerprint density at radius 2 is 2.28 bits per heavy atom. The normalized spacial score (nSPS) is 15.2. The zero-order valence-electron chi connectivity index (χ0n) is 10.9. The highest BCUT2D eigenvalue weighted by Crippen LogP contribution is 2.21. The number of rotatable bonds is 5. The molecule has 1 aliphatic carbocycles. The van der Waals surface area contributed by atoms with E-state index in [4.69, 9.17) is 4.42 Å². The van der Waals surface area contributed by atoms with Gasteiger partial charge in [0.2, 0.25) is 0 Å². The Hall–Kier alpha value is -1.55. The highest BCUT2D eigenvalue weighted by Gasteiger charge is 2.21. The number of nitrogens with one attached hydrogen (secondary N) is 1. The molecule has 2 aromatic heterocycles. The van der Waals surface area contributed by atoms with Gasteiger partial charge in [-0.05, 0) is 32.8 Å². The molecule has 2 heterocycles. The predicted molar refractivity (Wildman–Crippen MR) is 69.4 cm³/mol. The van der Waals surface area contributed by atoms with Crippen LogP contribution < -0.4 is 5.32 Å². The summed E-state index contributed by atoms with van der Waals surface area (Å²) in [7, 11) is 0. The van der Waals surface area contributed by atoms with Gasteiger partial charge in [-0.1, -0.05) is 0 Å². The average molecular weight is 245 g/mol. The summed E-state index contributed by atoms with van der Waals surface area (Å²) < 4.78 is 7.73. The molecule has 4 nitrogen and oxygen atoms in total. The van der Waals surface area contributed by atoms with Crippen molar-refractivity contribution in [1.29, 1.82) is 0 Å². The van der Waals surface area contributed by atoms with Crippen LogP contribution in [-0.4, -0.2) is 15.6 Å². The standard InChI is InChI=1S/C14H19N3O/c1-10-11(2)17(9-16-10)8-12-5-6-18-14(12)7-15-13-3-4-13/h5-6,9,13,15H,3-4,7-8H2,1-2H3. The SMILES string of the molecule is Cc1ncn(Cc2ccoc2CNC2CC2)c1C. The Balaban J connectivity index is 1.71. The van der Waals surface area contributed by atoms with Crippen molar-refractivity contribution in [3.63, 3.8) is 0 Å². The average Bonchev–Trinajstić information content (AvgIpc) is 3.02. The van der Waals surface area contributed by atoms with Gasteiger partial charge < -0.3 is 14.3 Å². The lowest BCUT2D eigenvalue weighted by atomic mass is 10.2. The lowest BCUT2D eigenvalue weighted by molar-refractivity contribution is 0.475. The first kappa shape index (κ1) is 11.5. The minimum atomic E-state index is 0.708. The van der Waals surface area contributed by atoms with E-state index in [0.717, 1.165) is 24.5 Å². The Bertz CT molecular complexity index is 537. The molecular weight excluding hydrogens is 226 g/mol. The van der Waals surface area contributed by atoms with E-state index < -0.39 is 0 Å². The van der Waals surface area contributed by atoms with Gasteiger partial charge in [0.05, 0.1) is 31.4 Å². The van der Waals surface area contributed by atoms with Gasteiger partial charge in [-0.3, -0.25) is 0 Å². The molecular formula is C14H19N3O. The predicted octanol–water partition coefficient (Wildman–Crippen LogP) is 2.39. The number of nitrogens with zero attached hydrogens (tertiary/aromatic N) is 2. The quantitative estimate of drug-likeness (QED) is 0.879. The molecule has 1 fully saturated rings. The van der Waals surface area contributed by atoms with Crippen molar-refractivity contribution in [1.82, 2.24) is 14.9 Å². The third-order valence-electron chi connectivity index (χ3n) is 3.65. The van der Waals surface area contributed by atoms with Crippen molar-refractivity contribution in [3.05, 3.63) is 41.4 Å². The maximum Gasteiger partial charge on any atom is 0.122 e. The Labute approximate surface area is 107 Å². The van der Waals surface area contributed by atoms with Crippen LogP contribution >= 0.6 is 0 Å². The number of aryl methyl sites for hydroxylation is 1. The van der Waals surface area contributed by atoms with Crippen LogP contribution in [0.1, 0.15) is 35.6 Å². The summed E-state index contributed by atoms with van der Waals surface area (Å²) in [6, 6.07) is 2.76. The molecule has 0 unspecified atom stereocenters. The zero-order valence-corrected chi connectivity index (χ0v) is 10.9. The second-order valence-electron chi connectivity index (χ2n) is 5.07. The maximum atomic E-state index is 5.57. The molecule has 0 saturated heterocycles. The van der Waals surface area contributed by atoms with Crippen LogP contribution in [0.4, 0.5) is 0 Å². The van der Waals surface area contributed by atoms with E-state index in [1.165, 1.54) is 24.1 Å². The minimum Gasteiger partial charge on any atom is -0.468 e. The van der Waals surface area contributed by atoms with Gasteiger partial charge >= 0.3 is 0 Å². The van der Waals surface area contributed by atoms with Gasteiger partial charge in [0.1, 0.15) is 5.76 Å². The van der Waals surface area contributed by atoms with Crippen LogP contribution in [0.5, 0.6) is 0 Å². The summed E-state index contributed by atoms with van der Waals surface area (Å²) in [6.07, 6.45) is 6.28. The molecule has 0 bridgehead atoms. The fraction of sp³-hybridized carbons (Fsp3) is 0.500. The van der Waals surface area contributed by atoms with Crippen LogP contribution in [0.15, 0.2) is 23.1 Å². The summed E-state index contributed by atoms with van der Waals surface area (Å²) >= 11 is 0. The molecule has 2 aromatic rings. The van der Waals surface area contributed by atoms with Gasteiger partial charge in [0.15, 0.2) is 0 Å². The molecule has 1 N–H and O–H groups in total. The fourth-order valence-electron chi connectivity index (χ4n) is 2.07. The van der Waals surface area contributed by atoms with Crippen molar-refractivity contribution in [3.8, 4) is 0 Å².